The first-order valence-electron chi connectivity index (χ1n) is 5.72. The van der Waals surface area contributed by atoms with Crippen LogP contribution in [-0.4, -0.2) is 10.2 Å². The summed E-state index contributed by atoms with van der Waals surface area (Å²) in [5, 5.41) is 19.0. The molecule has 0 unspecified atom stereocenters. The van der Waals surface area contributed by atoms with E-state index in [0.29, 0.717) is 0 Å². The number of phenols is 2. The van der Waals surface area contributed by atoms with Gasteiger partial charge in [0.05, 0.1) is 0 Å². The van der Waals surface area contributed by atoms with Crippen molar-refractivity contribution in [2.24, 2.45) is 0 Å². The fraction of sp³-hybridized carbons (Fsp3) is 0.200. The molecule has 17 heavy (non-hydrogen) atoms. The smallest absolute Gasteiger partial charge is 0.119 e. The summed E-state index contributed by atoms with van der Waals surface area (Å²) < 4.78 is 0. The van der Waals surface area contributed by atoms with Crippen molar-refractivity contribution in [1.82, 2.24) is 0 Å². The monoisotopic (exact) mass is 228 g/mol. The van der Waals surface area contributed by atoms with Crippen molar-refractivity contribution in [3.63, 3.8) is 0 Å². The standard InChI is InChI=1S/C15H16O2/c1-11-4-2-3-5-12(11)6-7-13-10-14(16)8-9-15(13)17/h2-5,8-10,16-17H,6-7H2,1H3. The van der Waals surface area contributed by atoms with Gasteiger partial charge in [-0.25, -0.2) is 0 Å². The van der Waals surface area contributed by atoms with Gasteiger partial charge in [0.2, 0.25) is 0 Å². The Morgan fingerprint density at radius 2 is 1.59 bits per heavy atom. The van der Waals surface area contributed by atoms with Crippen molar-refractivity contribution in [3.05, 3.63) is 59.2 Å². The van der Waals surface area contributed by atoms with Gasteiger partial charge in [-0.1, -0.05) is 24.3 Å². The molecule has 0 radical (unpaired) electrons. The Balaban J connectivity index is 2.12. The maximum atomic E-state index is 9.67. The first-order valence-corrected chi connectivity index (χ1v) is 5.72. The molecule has 2 aromatic rings. The Bertz CT molecular complexity index is 518. The van der Waals surface area contributed by atoms with Gasteiger partial charge in [0.1, 0.15) is 11.5 Å². The van der Waals surface area contributed by atoms with Gasteiger partial charge in [0.25, 0.3) is 0 Å². The van der Waals surface area contributed by atoms with Crippen LogP contribution in [-0.2, 0) is 12.8 Å². The van der Waals surface area contributed by atoms with Crippen LogP contribution in [0.4, 0.5) is 0 Å². The normalized spacial score (nSPS) is 10.4. The van der Waals surface area contributed by atoms with Crippen molar-refractivity contribution in [2.45, 2.75) is 19.8 Å². The summed E-state index contributed by atoms with van der Waals surface area (Å²) in [4.78, 5) is 0. The minimum absolute atomic E-state index is 0.197. The number of phenolic OH excluding ortho intramolecular Hbond substituents is 2. The van der Waals surface area contributed by atoms with Crippen LogP contribution in [0.2, 0.25) is 0 Å². The Morgan fingerprint density at radius 1 is 0.882 bits per heavy atom. The van der Waals surface area contributed by atoms with E-state index in [1.807, 2.05) is 12.1 Å². The molecule has 2 heteroatoms. The van der Waals surface area contributed by atoms with E-state index in [2.05, 4.69) is 19.1 Å². The van der Waals surface area contributed by atoms with Gasteiger partial charge in [0.15, 0.2) is 0 Å². The topological polar surface area (TPSA) is 40.5 Å². The molecule has 0 amide bonds. The quantitative estimate of drug-likeness (QED) is 0.792. The molecule has 0 saturated carbocycles. The second kappa shape index (κ2) is 4.91. The summed E-state index contributed by atoms with van der Waals surface area (Å²) in [6.45, 7) is 2.08. The number of rotatable bonds is 3. The summed E-state index contributed by atoms with van der Waals surface area (Å²) in [5.41, 5.74) is 3.32. The van der Waals surface area contributed by atoms with Crippen LogP contribution in [0, 0.1) is 6.92 Å². The molecule has 0 atom stereocenters. The third-order valence-electron chi connectivity index (χ3n) is 2.99. The molecule has 2 aromatic carbocycles. The van der Waals surface area contributed by atoms with Crippen LogP contribution in [0.3, 0.4) is 0 Å². The number of aryl methyl sites for hydroxylation is 3. The second-order valence-corrected chi connectivity index (χ2v) is 4.24. The highest BCUT2D eigenvalue weighted by atomic mass is 16.3. The lowest BCUT2D eigenvalue weighted by Crippen LogP contribution is -1.94. The first-order chi connectivity index (χ1) is 8.16. The molecule has 2 N–H and O–H groups in total. The van der Waals surface area contributed by atoms with E-state index in [9.17, 15) is 10.2 Å². The fourth-order valence-electron chi connectivity index (χ4n) is 1.93. The maximum absolute atomic E-state index is 9.67. The number of hydrogen-bond acceptors (Lipinski definition) is 2. The Labute approximate surface area is 101 Å². The van der Waals surface area contributed by atoms with Gasteiger partial charge in [-0.2, -0.15) is 0 Å². The van der Waals surface area contributed by atoms with Gasteiger partial charge in [0, 0.05) is 0 Å². The highest BCUT2D eigenvalue weighted by Crippen LogP contribution is 2.23. The molecule has 2 rings (SSSR count). The van der Waals surface area contributed by atoms with Crippen LogP contribution >= 0.6 is 0 Å². The van der Waals surface area contributed by atoms with Crippen molar-refractivity contribution in [1.29, 1.82) is 0 Å². The highest BCUT2D eigenvalue weighted by Gasteiger charge is 2.04. The molecule has 88 valence electrons. The number of benzene rings is 2. The van der Waals surface area contributed by atoms with Crippen molar-refractivity contribution < 1.29 is 10.2 Å². The van der Waals surface area contributed by atoms with E-state index in [1.165, 1.54) is 23.3 Å². The Kier molecular flexibility index (Phi) is 3.33. The molecular formula is C15H16O2. The SMILES string of the molecule is Cc1ccccc1CCc1cc(O)ccc1O. The third-order valence-corrected chi connectivity index (χ3v) is 2.99. The third kappa shape index (κ3) is 2.78. The Hall–Kier alpha value is -1.96. The van der Waals surface area contributed by atoms with E-state index >= 15 is 0 Å². The average Bonchev–Trinajstić information content (AvgIpc) is 2.32. The average molecular weight is 228 g/mol. The van der Waals surface area contributed by atoms with Gasteiger partial charge >= 0.3 is 0 Å². The summed E-state index contributed by atoms with van der Waals surface area (Å²) in [7, 11) is 0. The summed E-state index contributed by atoms with van der Waals surface area (Å²) >= 11 is 0. The second-order valence-electron chi connectivity index (χ2n) is 4.24. The lowest BCUT2D eigenvalue weighted by molar-refractivity contribution is 0.454. The van der Waals surface area contributed by atoms with E-state index in [1.54, 1.807) is 6.07 Å². The Morgan fingerprint density at radius 3 is 2.35 bits per heavy atom. The zero-order valence-electron chi connectivity index (χ0n) is 9.85. The van der Waals surface area contributed by atoms with E-state index < -0.39 is 0 Å². The lowest BCUT2D eigenvalue weighted by Gasteiger charge is -2.07. The molecule has 0 bridgehead atoms. The summed E-state index contributed by atoms with van der Waals surface area (Å²) in [6, 6.07) is 12.9. The van der Waals surface area contributed by atoms with E-state index in [0.717, 1.165) is 18.4 Å². The highest BCUT2D eigenvalue weighted by molar-refractivity contribution is 5.39. The number of hydrogen-bond donors (Lipinski definition) is 2. The minimum Gasteiger partial charge on any atom is -0.508 e. The molecule has 0 spiro atoms. The number of aromatic hydroxyl groups is 2. The van der Waals surface area contributed by atoms with Crippen molar-refractivity contribution >= 4 is 0 Å². The summed E-state index contributed by atoms with van der Waals surface area (Å²) in [5.74, 6) is 0.443. The van der Waals surface area contributed by atoms with Crippen LogP contribution in [0.5, 0.6) is 11.5 Å². The predicted octanol–water partition coefficient (Wildman–Crippen LogP) is 3.19. The van der Waals surface area contributed by atoms with Gasteiger partial charge < -0.3 is 10.2 Å². The van der Waals surface area contributed by atoms with Gasteiger partial charge in [-0.3, -0.25) is 0 Å². The maximum Gasteiger partial charge on any atom is 0.119 e. The van der Waals surface area contributed by atoms with Crippen LogP contribution < -0.4 is 0 Å². The molecule has 0 aliphatic carbocycles. The lowest BCUT2D eigenvalue weighted by atomic mass is 10.00. The van der Waals surface area contributed by atoms with Gasteiger partial charge in [-0.05, 0) is 54.7 Å². The summed E-state index contributed by atoms with van der Waals surface area (Å²) in [6.07, 6.45) is 1.59. The minimum atomic E-state index is 0.197. The van der Waals surface area contributed by atoms with Crippen LogP contribution in [0.1, 0.15) is 16.7 Å². The van der Waals surface area contributed by atoms with Crippen LogP contribution in [0.15, 0.2) is 42.5 Å². The van der Waals surface area contributed by atoms with Gasteiger partial charge in [-0.15, -0.1) is 0 Å². The predicted molar refractivity (Wildman–Crippen MR) is 68.4 cm³/mol. The first kappa shape index (κ1) is 11.5. The molecule has 0 aromatic heterocycles. The van der Waals surface area contributed by atoms with Crippen LogP contribution in [0.25, 0.3) is 0 Å². The molecule has 0 fully saturated rings. The largest absolute Gasteiger partial charge is 0.508 e. The molecule has 0 heterocycles. The zero-order valence-corrected chi connectivity index (χ0v) is 9.85. The molecule has 0 saturated heterocycles. The molecule has 0 aliphatic heterocycles. The molecule has 0 aliphatic rings. The molecular weight excluding hydrogens is 212 g/mol. The molecule has 2 nitrogen and oxygen atoms in total. The van der Waals surface area contributed by atoms with Crippen molar-refractivity contribution in [2.75, 3.05) is 0 Å². The van der Waals surface area contributed by atoms with Crippen molar-refractivity contribution in [3.8, 4) is 11.5 Å². The fourth-order valence-corrected chi connectivity index (χ4v) is 1.93. The van der Waals surface area contributed by atoms with E-state index in [-0.39, 0.29) is 11.5 Å². The zero-order chi connectivity index (χ0) is 12.3. The van der Waals surface area contributed by atoms with E-state index in [4.69, 9.17) is 0 Å².